The Morgan fingerprint density at radius 1 is 1.10 bits per heavy atom. The van der Waals surface area contributed by atoms with Crippen molar-refractivity contribution in [2.75, 3.05) is 23.4 Å². The molecule has 3 N–H and O–H groups in total. The largest absolute Gasteiger partial charge is 0.493 e. The Bertz CT molecular complexity index is 1780. The van der Waals surface area contributed by atoms with Gasteiger partial charge in [0.2, 0.25) is 5.88 Å². The zero-order chi connectivity index (χ0) is 28.5. The highest BCUT2D eigenvalue weighted by Crippen LogP contribution is 2.35. The van der Waals surface area contributed by atoms with E-state index in [0.717, 1.165) is 39.8 Å². The summed E-state index contributed by atoms with van der Waals surface area (Å²) in [6.07, 6.45) is 4.70. The summed E-state index contributed by atoms with van der Waals surface area (Å²) in [5.41, 5.74) is 4.97. The molecule has 210 valence electrons. The Labute approximate surface area is 237 Å². The Morgan fingerprint density at radius 3 is 2.78 bits per heavy atom. The van der Waals surface area contributed by atoms with Gasteiger partial charge in [-0.3, -0.25) is 13.9 Å². The number of aromatic nitrogens is 3. The summed E-state index contributed by atoms with van der Waals surface area (Å²) in [5.74, 6) is 0.435. The van der Waals surface area contributed by atoms with Crippen molar-refractivity contribution in [3.05, 3.63) is 95.2 Å². The normalized spacial score (nSPS) is 14.9. The zero-order valence-corrected chi connectivity index (χ0v) is 23.1. The van der Waals surface area contributed by atoms with Crippen molar-refractivity contribution in [3.63, 3.8) is 0 Å². The number of para-hydroxylation sites is 2. The number of aryl methyl sites for hydroxylation is 1. The molecule has 2 aromatic heterocycles. The van der Waals surface area contributed by atoms with Crippen LogP contribution in [0.15, 0.2) is 83.9 Å². The number of imidazole rings is 1. The highest BCUT2D eigenvalue weighted by Gasteiger charge is 2.25. The number of hydrogen-bond acceptors (Lipinski definition) is 5. The Hall–Kier alpha value is -4.92. The maximum absolute atomic E-state index is 13.9. The van der Waals surface area contributed by atoms with E-state index < -0.39 is 0 Å². The quantitative estimate of drug-likeness (QED) is 0.236. The van der Waals surface area contributed by atoms with Crippen LogP contribution >= 0.6 is 0 Å². The third kappa shape index (κ3) is 5.18. The lowest BCUT2D eigenvalue weighted by atomic mass is 10.0. The summed E-state index contributed by atoms with van der Waals surface area (Å²) in [7, 11) is 1.53. The first-order valence-corrected chi connectivity index (χ1v) is 13.9. The number of anilines is 2. The van der Waals surface area contributed by atoms with Crippen LogP contribution in [0.1, 0.15) is 30.1 Å². The van der Waals surface area contributed by atoms with Gasteiger partial charge < -0.3 is 25.0 Å². The molecule has 0 spiro atoms. The molecule has 0 bridgehead atoms. The number of rotatable bonds is 7. The minimum Gasteiger partial charge on any atom is -0.493 e. The molecule has 1 amide bonds. The van der Waals surface area contributed by atoms with Crippen LogP contribution in [0.3, 0.4) is 0 Å². The van der Waals surface area contributed by atoms with Gasteiger partial charge in [-0.2, -0.15) is 0 Å². The number of nitrogens with one attached hydrogen (secondary N) is 2. The molecule has 0 aliphatic carbocycles. The fourth-order valence-corrected chi connectivity index (χ4v) is 5.36. The minimum absolute atomic E-state index is 0.0794. The monoisotopic (exact) mass is 551 g/mol. The molecule has 0 saturated heterocycles. The van der Waals surface area contributed by atoms with Crippen molar-refractivity contribution in [3.8, 4) is 22.8 Å². The van der Waals surface area contributed by atoms with Gasteiger partial charge >= 0.3 is 5.69 Å². The number of aromatic amines is 1. The number of benzene rings is 3. The lowest BCUT2D eigenvalue weighted by Gasteiger charge is -2.23. The first-order valence-electron chi connectivity index (χ1n) is 13.9. The van der Waals surface area contributed by atoms with E-state index in [1.165, 1.54) is 22.4 Å². The number of ether oxygens (including phenoxy) is 1. The summed E-state index contributed by atoms with van der Waals surface area (Å²) < 4.78 is 8.96. The molecule has 0 fully saturated rings. The number of nitrogens with zero attached hydrogens (tertiary/aromatic N) is 3. The maximum atomic E-state index is 13.9. The SMILES string of the molecule is C[C@H]1CCN(C(=O)c2ccc(-c3ccc4[nH]ccc4c3)c(OCCCn3cc(O)n(C)c3=O)c2)c2ccccc2N1. The van der Waals surface area contributed by atoms with Crippen molar-refractivity contribution < 1.29 is 14.6 Å². The van der Waals surface area contributed by atoms with E-state index in [0.29, 0.717) is 37.4 Å². The van der Waals surface area contributed by atoms with E-state index in [2.05, 4.69) is 23.3 Å². The van der Waals surface area contributed by atoms with Gasteiger partial charge in [0.1, 0.15) is 5.75 Å². The van der Waals surface area contributed by atoms with Crippen LogP contribution in [-0.2, 0) is 13.6 Å². The summed E-state index contributed by atoms with van der Waals surface area (Å²) in [6.45, 7) is 3.45. The molecule has 3 heterocycles. The summed E-state index contributed by atoms with van der Waals surface area (Å²) in [6, 6.07) is 22.0. The lowest BCUT2D eigenvalue weighted by molar-refractivity contribution is 0.0986. The van der Waals surface area contributed by atoms with Crippen molar-refractivity contribution in [1.82, 2.24) is 14.1 Å². The third-order valence-electron chi connectivity index (χ3n) is 7.67. The van der Waals surface area contributed by atoms with Crippen molar-refractivity contribution in [2.45, 2.75) is 32.4 Å². The van der Waals surface area contributed by atoms with Crippen LogP contribution in [0, 0.1) is 0 Å². The Balaban J connectivity index is 1.30. The van der Waals surface area contributed by atoms with E-state index >= 15 is 0 Å². The van der Waals surface area contributed by atoms with Crippen LogP contribution < -0.4 is 20.6 Å². The first kappa shape index (κ1) is 26.3. The van der Waals surface area contributed by atoms with E-state index in [1.54, 1.807) is 0 Å². The Kier molecular flexibility index (Phi) is 7.01. The van der Waals surface area contributed by atoms with E-state index in [9.17, 15) is 14.7 Å². The predicted octanol–water partition coefficient (Wildman–Crippen LogP) is 5.36. The summed E-state index contributed by atoms with van der Waals surface area (Å²) in [5, 5.41) is 14.4. The van der Waals surface area contributed by atoms with Gasteiger partial charge in [-0.1, -0.05) is 18.2 Å². The highest BCUT2D eigenvalue weighted by atomic mass is 16.5. The number of fused-ring (bicyclic) bond motifs is 2. The molecule has 0 radical (unpaired) electrons. The molecule has 0 saturated carbocycles. The standard InChI is InChI=1S/C32H33N5O4/c1-21-13-16-37(28-7-4-3-6-27(28)34-21)31(39)24-8-10-25(22-9-11-26-23(18-22)12-14-33-26)29(19-24)41-17-5-15-36-20-30(38)35(2)32(36)40/h3-4,6-12,14,18-21,33-34,38H,5,13,15-17H2,1-2H3/t21-/m0/s1. The van der Waals surface area contributed by atoms with E-state index in [-0.39, 0.29) is 23.5 Å². The lowest BCUT2D eigenvalue weighted by Crippen LogP contribution is -2.32. The predicted molar refractivity (Wildman–Crippen MR) is 161 cm³/mol. The van der Waals surface area contributed by atoms with Gasteiger partial charge in [-0.15, -0.1) is 0 Å². The average molecular weight is 552 g/mol. The van der Waals surface area contributed by atoms with Crippen LogP contribution in [0.4, 0.5) is 11.4 Å². The fraction of sp³-hybridized carbons (Fsp3) is 0.250. The molecule has 9 nitrogen and oxygen atoms in total. The minimum atomic E-state index is -0.280. The molecule has 5 aromatic rings. The number of hydrogen-bond donors (Lipinski definition) is 3. The van der Waals surface area contributed by atoms with Gasteiger partial charge in [-0.25, -0.2) is 4.79 Å². The van der Waals surface area contributed by atoms with Gasteiger partial charge in [0.15, 0.2) is 0 Å². The number of carbonyl (C=O) groups excluding carboxylic acids is 1. The zero-order valence-electron chi connectivity index (χ0n) is 23.1. The highest BCUT2D eigenvalue weighted by molar-refractivity contribution is 6.08. The third-order valence-corrected chi connectivity index (χ3v) is 7.67. The van der Waals surface area contributed by atoms with Crippen LogP contribution in [0.5, 0.6) is 11.6 Å². The molecule has 3 aromatic carbocycles. The average Bonchev–Trinajstić information content (AvgIpc) is 3.49. The second-order valence-electron chi connectivity index (χ2n) is 10.5. The molecular weight excluding hydrogens is 518 g/mol. The topological polar surface area (TPSA) is 105 Å². The number of H-pyrrole nitrogens is 1. The van der Waals surface area contributed by atoms with Crippen molar-refractivity contribution in [1.29, 1.82) is 0 Å². The molecule has 0 unspecified atom stereocenters. The van der Waals surface area contributed by atoms with Crippen LogP contribution in [0.2, 0.25) is 0 Å². The number of aromatic hydroxyl groups is 1. The van der Waals surface area contributed by atoms with Gasteiger partial charge in [0.05, 0.1) is 24.2 Å². The van der Waals surface area contributed by atoms with Crippen LogP contribution in [-0.4, -0.2) is 44.3 Å². The molecule has 1 aliphatic heterocycles. The van der Waals surface area contributed by atoms with Crippen molar-refractivity contribution >= 4 is 28.2 Å². The van der Waals surface area contributed by atoms with Gasteiger partial charge in [0, 0.05) is 49.0 Å². The summed E-state index contributed by atoms with van der Waals surface area (Å²) >= 11 is 0. The maximum Gasteiger partial charge on any atom is 0.330 e. The van der Waals surface area contributed by atoms with E-state index in [1.807, 2.05) is 71.8 Å². The molecule has 1 aliphatic rings. The molecule has 9 heteroatoms. The number of carbonyl (C=O) groups is 1. The van der Waals surface area contributed by atoms with E-state index in [4.69, 9.17) is 4.74 Å². The second-order valence-corrected chi connectivity index (χ2v) is 10.5. The first-order chi connectivity index (χ1) is 19.9. The number of amides is 1. The molecule has 41 heavy (non-hydrogen) atoms. The fourth-order valence-electron chi connectivity index (χ4n) is 5.36. The van der Waals surface area contributed by atoms with Gasteiger partial charge in [0.25, 0.3) is 5.91 Å². The second kappa shape index (κ2) is 10.9. The van der Waals surface area contributed by atoms with Crippen LogP contribution in [0.25, 0.3) is 22.0 Å². The molecule has 1 atom stereocenters. The molecular formula is C32H33N5O4. The molecule has 6 rings (SSSR count). The Morgan fingerprint density at radius 2 is 1.95 bits per heavy atom. The van der Waals surface area contributed by atoms with Gasteiger partial charge in [-0.05, 0) is 79.2 Å². The van der Waals surface area contributed by atoms with Crippen molar-refractivity contribution in [2.24, 2.45) is 7.05 Å². The summed E-state index contributed by atoms with van der Waals surface area (Å²) in [4.78, 5) is 31.2. The smallest absolute Gasteiger partial charge is 0.330 e.